The Kier molecular flexibility index (Phi) is 6.93. The van der Waals surface area contributed by atoms with Gasteiger partial charge in [0.15, 0.2) is 11.6 Å². The largest absolute Gasteiger partial charge is 0.304 e. The number of rotatable bonds is 6. The van der Waals surface area contributed by atoms with Crippen LogP contribution in [0.3, 0.4) is 0 Å². The van der Waals surface area contributed by atoms with Crippen molar-refractivity contribution in [3.05, 3.63) is 28.6 Å². The van der Waals surface area contributed by atoms with E-state index in [1.54, 1.807) is 6.07 Å². The molecule has 2 aliphatic rings. The smallest absolute Gasteiger partial charge is 0.178 e. The van der Waals surface area contributed by atoms with E-state index < -0.39 is 0 Å². The van der Waals surface area contributed by atoms with Crippen molar-refractivity contribution in [3.8, 4) is 0 Å². The summed E-state index contributed by atoms with van der Waals surface area (Å²) in [6.45, 7) is 12.0. The molecule has 0 spiro atoms. The van der Waals surface area contributed by atoms with Crippen LogP contribution in [0.2, 0.25) is 0 Å². The van der Waals surface area contributed by atoms with E-state index in [9.17, 15) is 9.59 Å². The van der Waals surface area contributed by atoms with Gasteiger partial charge < -0.3 is 9.80 Å². The number of likely N-dealkylation sites (N-methyl/N-ethyl adjacent to an activating group) is 2. The Labute approximate surface area is 168 Å². The number of Topliss-reactive ketones (excluding diaryl/α,β-unsaturated/α-hetero) is 2. The van der Waals surface area contributed by atoms with Crippen LogP contribution in [0, 0.1) is 13.8 Å². The number of hydrogen-bond donors (Lipinski definition) is 0. The number of carbonyl (C=O) groups is 2. The molecule has 3 heterocycles. The zero-order valence-corrected chi connectivity index (χ0v) is 17.7. The molecule has 2 saturated heterocycles. The standard InChI is InChI=1S/C21H33N5O2/c1-16-18(20(27)14-25-9-5-23(3)6-10-25)13-19(17(2)22-16)21(28)15-26-11-7-24(4)8-12-26/h13H,5-12,14-15H2,1-4H3. The average molecular weight is 388 g/mol. The first kappa shape index (κ1) is 21.0. The molecule has 0 radical (unpaired) electrons. The number of nitrogens with zero attached hydrogens (tertiary/aromatic N) is 5. The van der Waals surface area contributed by atoms with Gasteiger partial charge in [-0.25, -0.2) is 0 Å². The SMILES string of the molecule is Cc1nc(C)c(C(=O)CN2CCN(C)CC2)cc1C(=O)CN1CCN(C)CC1. The van der Waals surface area contributed by atoms with Crippen molar-refractivity contribution in [2.45, 2.75) is 13.8 Å². The van der Waals surface area contributed by atoms with E-state index in [-0.39, 0.29) is 11.6 Å². The van der Waals surface area contributed by atoms with Crippen molar-refractivity contribution in [2.24, 2.45) is 0 Å². The molecule has 7 nitrogen and oxygen atoms in total. The number of hydrogen-bond acceptors (Lipinski definition) is 7. The lowest BCUT2D eigenvalue weighted by Gasteiger charge is -2.32. The summed E-state index contributed by atoms with van der Waals surface area (Å²) in [4.78, 5) is 39.3. The Bertz CT molecular complexity index is 663. The summed E-state index contributed by atoms with van der Waals surface area (Å²) in [6.07, 6.45) is 0. The van der Waals surface area contributed by atoms with Crippen molar-refractivity contribution < 1.29 is 9.59 Å². The molecule has 0 amide bonds. The molecule has 0 atom stereocenters. The first-order valence-corrected chi connectivity index (χ1v) is 10.2. The molecular weight excluding hydrogens is 354 g/mol. The van der Waals surface area contributed by atoms with Crippen molar-refractivity contribution >= 4 is 11.6 Å². The van der Waals surface area contributed by atoms with Crippen molar-refractivity contribution in [3.63, 3.8) is 0 Å². The van der Waals surface area contributed by atoms with Gasteiger partial charge in [-0.15, -0.1) is 0 Å². The van der Waals surface area contributed by atoms with Crippen LogP contribution in [0.25, 0.3) is 0 Å². The van der Waals surface area contributed by atoms with Crippen molar-refractivity contribution in [1.29, 1.82) is 0 Å². The molecule has 0 aromatic carbocycles. The molecule has 2 fully saturated rings. The van der Waals surface area contributed by atoms with Gasteiger partial charge in [0.05, 0.1) is 13.1 Å². The minimum atomic E-state index is 0.0585. The second-order valence-electron chi connectivity index (χ2n) is 8.26. The number of piperazine rings is 2. The fraction of sp³-hybridized carbons (Fsp3) is 0.667. The zero-order chi connectivity index (χ0) is 20.3. The molecule has 0 N–H and O–H groups in total. The number of carbonyl (C=O) groups excluding carboxylic acids is 2. The van der Waals surface area contributed by atoms with Crippen LogP contribution in [0.15, 0.2) is 6.07 Å². The van der Waals surface area contributed by atoms with Gasteiger partial charge >= 0.3 is 0 Å². The highest BCUT2D eigenvalue weighted by Gasteiger charge is 2.23. The van der Waals surface area contributed by atoms with E-state index in [1.165, 1.54) is 0 Å². The Morgan fingerprint density at radius 2 is 1.11 bits per heavy atom. The molecule has 0 bridgehead atoms. The summed E-state index contributed by atoms with van der Waals surface area (Å²) in [6, 6.07) is 1.79. The van der Waals surface area contributed by atoms with E-state index in [0.717, 1.165) is 52.4 Å². The quantitative estimate of drug-likeness (QED) is 0.661. The van der Waals surface area contributed by atoms with E-state index in [2.05, 4.69) is 38.7 Å². The fourth-order valence-corrected chi connectivity index (χ4v) is 3.88. The molecule has 2 aliphatic heterocycles. The maximum atomic E-state index is 12.9. The maximum Gasteiger partial charge on any atom is 0.178 e. The van der Waals surface area contributed by atoms with E-state index in [4.69, 9.17) is 0 Å². The number of aromatic nitrogens is 1. The lowest BCUT2D eigenvalue weighted by atomic mass is 10.0. The van der Waals surface area contributed by atoms with Crippen LogP contribution < -0.4 is 0 Å². The second-order valence-corrected chi connectivity index (χ2v) is 8.26. The van der Waals surface area contributed by atoms with Gasteiger partial charge in [0.2, 0.25) is 0 Å². The van der Waals surface area contributed by atoms with Crippen LogP contribution in [0.1, 0.15) is 32.1 Å². The van der Waals surface area contributed by atoms with Gasteiger partial charge in [0, 0.05) is 74.9 Å². The summed E-state index contributed by atoms with van der Waals surface area (Å²) in [5, 5.41) is 0. The Balaban J connectivity index is 1.69. The van der Waals surface area contributed by atoms with Gasteiger partial charge in [0.25, 0.3) is 0 Å². The highest BCUT2D eigenvalue weighted by atomic mass is 16.1. The highest BCUT2D eigenvalue weighted by Crippen LogP contribution is 2.16. The fourth-order valence-electron chi connectivity index (χ4n) is 3.88. The van der Waals surface area contributed by atoms with Crippen LogP contribution in [0.5, 0.6) is 0 Å². The Morgan fingerprint density at radius 3 is 1.46 bits per heavy atom. The predicted molar refractivity (Wildman–Crippen MR) is 110 cm³/mol. The summed E-state index contributed by atoms with van der Waals surface area (Å²) < 4.78 is 0. The molecule has 1 aromatic rings. The van der Waals surface area contributed by atoms with E-state index in [0.29, 0.717) is 35.6 Å². The Hall–Kier alpha value is -1.67. The van der Waals surface area contributed by atoms with Gasteiger partial charge in [-0.1, -0.05) is 0 Å². The minimum Gasteiger partial charge on any atom is -0.304 e. The third-order valence-corrected chi connectivity index (χ3v) is 5.93. The van der Waals surface area contributed by atoms with Crippen LogP contribution in [-0.4, -0.2) is 116 Å². The van der Waals surface area contributed by atoms with E-state index >= 15 is 0 Å². The molecule has 0 aliphatic carbocycles. The second kappa shape index (κ2) is 9.22. The zero-order valence-electron chi connectivity index (χ0n) is 17.7. The molecule has 7 heteroatoms. The molecule has 154 valence electrons. The molecule has 28 heavy (non-hydrogen) atoms. The van der Waals surface area contributed by atoms with E-state index in [1.807, 2.05) is 13.8 Å². The monoisotopic (exact) mass is 387 g/mol. The lowest BCUT2D eigenvalue weighted by molar-refractivity contribution is 0.0874. The Morgan fingerprint density at radius 1 is 0.750 bits per heavy atom. The van der Waals surface area contributed by atoms with Gasteiger partial charge in [0.1, 0.15) is 0 Å². The maximum absolute atomic E-state index is 12.9. The molecular formula is C21H33N5O2. The first-order valence-electron chi connectivity index (χ1n) is 10.2. The topological polar surface area (TPSA) is 60.0 Å². The summed E-state index contributed by atoms with van der Waals surface area (Å²) in [5.74, 6) is 0.117. The van der Waals surface area contributed by atoms with Gasteiger partial charge in [-0.05, 0) is 34.0 Å². The van der Waals surface area contributed by atoms with Crippen LogP contribution in [0.4, 0.5) is 0 Å². The molecule has 0 unspecified atom stereocenters. The number of aryl methyl sites for hydroxylation is 2. The number of ketones is 2. The molecule has 1 aromatic heterocycles. The lowest BCUT2D eigenvalue weighted by Crippen LogP contribution is -2.46. The van der Waals surface area contributed by atoms with Crippen LogP contribution in [-0.2, 0) is 0 Å². The third kappa shape index (κ3) is 5.23. The summed E-state index contributed by atoms with van der Waals surface area (Å²) >= 11 is 0. The summed E-state index contributed by atoms with van der Waals surface area (Å²) in [7, 11) is 4.21. The minimum absolute atomic E-state index is 0.0585. The van der Waals surface area contributed by atoms with Crippen molar-refractivity contribution in [2.75, 3.05) is 79.5 Å². The highest BCUT2D eigenvalue weighted by molar-refractivity contribution is 6.03. The first-order chi connectivity index (χ1) is 13.3. The summed E-state index contributed by atoms with van der Waals surface area (Å²) in [5.41, 5.74) is 2.61. The predicted octanol–water partition coefficient (Wildman–Crippen LogP) is 0.559. The third-order valence-electron chi connectivity index (χ3n) is 5.93. The molecule has 0 saturated carbocycles. The number of pyridine rings is 1. The van der Waals surface area contributed by atoms with Gasteiger partial charge in [-0.2, -0.15) is 0 Å². The normalized spacial score (nSPS) is 20.4. The van der Waals surface area contributed by atoms with Crippen LogP contribution >= 0.6 is 0 Å². The van der Waals surface area contributed by atoms with Gasteiger partial charge in [-0.3, -0.25) is 24.4 Å². The molecule has 3 rings (SSSR count). The average Bonchev–Trinajstić information content (AvgIpc) is 2.65. The van der Waals surface area contributed by atoms with Crippen molar-refractivity contribution in [1.82, 2.24) is 24.6 Å².